The standard InChI is InChI=1S/C58H60N2O11/c1-58(2,3)71-56(63)49(59-57(64)69-37-48-46-30-18-16-28-44(46)45-29-17-19-31-47(45)48)32-51(62)60(39-61)55-54(68-36-43-26-14-7-15-27-43)53(67-35-42-24-12-6-13-25-42)52(66-34-41-22-10-5-11-23-41)50(70-55)38-65-33-40-20-8-4-9-21-40/h4-31,39,48-50,52-55H,32-38H2,1-3H3,(H,59,64)/t49-,50+,52-,53-,54+,55+/m0/s1. The summed E-state index contributed by atoms with van der Waals surface area (Å²) >= 11 is 0. The summed E-state index contributed by atoms with van der Waals surface area (Å²) in [5.41, 5.74) is 6.58. The maximum atomic E-state index is 14.8. The third-order valence-corrected chi connectivity index (χ3v) is 12.2. The molecule has 0 saturated carbocycles. The van der Waals surface area contributed by atoms with E-state index in [0.29, 0.717) is 6.41 Å². The number of hydrogen-bond acceptors (Lipinski definition) is 11. The van der Waals surface area contributed by atoms with Gasteiger partial charge >= 0.3 is 12.1 Å². The summed E-state index contributed by atoms with van der Waals surface area (Å²) in [6.07, 6.45) is -6.68. The molecule has 6 atom stereocenters. The minimum Gasteiger partial charge on any atom is -0.458 e. The van der Waals surface area contributed by atoms with Gasteiger partial charge in [-0.2, -0.15) is 0 Å². The second-order valence-corrected chi connectivity index (χ2v) is 18.5. The Morgan fingerprint density at radius 1 is 0.592 bits per heavy atom. The van der Waals surface area contributed by atoms with E-state index < -0.39 is 66.7 Å². The van der Waals surface area contributed by atoms with Crippen LogP contribution in [0.5, 0.6) is 0 Å². The van der Waals surface area contributed by atoms with Gasteiger partial charge in [-0.25, -0.2) is 9.59 Å². The maximum absolute atomic E-state index is 14.8. The van der Waals surface area contributed by atoms with Crippen LogP contribution in [-0.4, -0.2) is 84.8 Å². The number of fused-ring (bicyclic) bond motifs is 3. The van der Waals surface area contributed by atoms with E-state index in [9.17, 15) is 19.2 Å². The van der Waals surface area contributed by atoms with Gasteiger partial charge in [0.05, 0.1) is 39.5 Å². The summed E-state index contributed by atoms with van der Waals surface area (Å²) in [4.78, 5) is 56.9. The molecule has 1 heterocycles. The molecule has 8 rings (SSSR count). The van der Waals surface area contributed by atoms with E-state index in [-0.39, 0.29) is 45.6 Å². The van der Waals surface area contributed by atoms with Crippen LogP contribution >= 0.6 is 0 Å². The van der Waals surface area contributed by atoms with Crippen molar-refractivity contribution in [3.05, 3.63) is 203 Å². The van der Waals surface area contributed by atoms with E-state index >= 15 is 0 Å². The zero-order valence-corrected chi connectivity index (χ0v) is 40.2. The number of amides is 3. The quantitative estimate of drug-likeness (QED) is 0.0544. The molecule has 0 bridgehead atoms. The molecule has 1 saturated heterocycles. The average molecular weight is 961 g/mol. The summed E-state index contributed by atoms with van der Waals surface area (Å²) in [5, 5.41) is 2.58. The first-order valence-electron chi connectivity index (χ1n) is 23.9. The Morgan fingerprint density at radius 3 is 1.54 bits per heavy atom. The van der Waals surface area contributed by atoms with Crippen LogP contribution in [0.4, 0.5) is 4.79 Å². The van der Waals surface area contributed by atoms with E-state index in [1.807, 2.05) is 170 Å². The van der Waals surface area contributed by atoms with Crippen LogP contribution in [0, 0.1) is 0 Å². The first kappa shape index (κ1) is 50.4. The monoisotopic (exact) mass is 960 g/mol. The Kier molecular flexibility index (Phi) is 17.2. The molecule has 0 unspecified atom stereocenters. The average Bonchev–Trinajstić information content (AvgIpc) is 3.70. The van der Waals surface area contributed by atoms with Gasteiger partial charge < -0.3 is 38.5 Å². The highest BCUT2D eigenvalue weighted by Gasteiger charge is 2.52. The van der Waals surface area contributed by atoms with E-state index in [0.717, 1.165) is 49.4 Å². The summed E-state index contributed by atoms with van der Waals surface area (Å²) in [5.74, 6) is -2.04. The molecule has 1 aliphatic heterocycles. The number of carbonyl (C=O) groups is 4. The van der Waals surface area contributed by atoms with Gasteiger partial charge in [0.25, 0.3) is 0 Å². The number of hydrogen-bond donors (Lipinski definition) is 1. The number of rotatable bonds is 21. The fourth-order valence-corrected chi connectivity index (χ4v) is 8.88. The van der Waals surface area contributed by atoms with Gasteiger partial charge in [-0.1, -0.05) is 170 Å². The first-order chi connectivity index (χ1) is 34.5. The van der Waals surface area contributed by atoms with Gasteiger partial charge in [-0.3, -0.25) is 14.5 Å². The molecule has 6 aromatic rings. The lowest BCUT2D eigenvalue weighted by Gasteiger charge is -2.48. The van der Waals surface area contributed by atoms with Crippen molar-refractivity contribution < 1.29 is 52.3 Å². The summed E-state index contributed by atoms with van der Waals surface area (Å²) in [7, 11) is 0. The highest BCUT2D eigenvalue weighted by atomic mass is 16.6. The van der Waals surface area contributed by atoms with Gasteiger partial charge in [0.2, 0.25) is 12.3 Å². The number of imide groups is 1. The second kappa shape index (κ2) is 24.2. The van der Waals surface area contributed by atoms with Crippen molar-refractivity contribution >= 4 is 24.4 Å². The Labute approximate surface area is 414 Å². The number of alkyl carbamates (subject to hydrolysis) is 1. The topological polar surface area (TPSA) is 148 Å². The van der Waals surface area contributed by atoms with Gasteiger partial charge in [-0.05, 0) is 65.3 Å². The van der Waals surface area contributed by atoms with Crippen molar-refractivity contribution in [2.45, 2.75) is 102 Å². The smallest absolute Gasteiger partial charge is 0.407 e. The SMILES string of the molecule is CC(C)(C)OC(=O)[C@H](CC(=O)N(C=O)[C@@H]1O[C@H](COCc2ccccc2)[C@H](OCc2ccccc2)[C@H](OCc2ccccc2)[C@H]1OCc1ccccc1)NC(=O)OCC1c2ccccc2-c2ccccc21. The first-order valence-corrected chi connectivity index (χ1v) is 23.9. The molecule has 13 heteroatoms. The summed E-state index contributed by atoms with van der Waals surface area (Å²) < 4.78 is 45.0. The minimum atomic E-state index is -1.58. The predicted octanol–water partition coefficient (Wildman–Crippen LogP) is 9.31. The molecule has 0 radical (unpaired) electrons. The van der Waals surface area contributed by atoms with Crippen molar-refractivity contribution in [1.82, 2.24) is 10.2 Å². The molecular formula is C58H60N2O11. The zero-order valence-electron chi connectivity index (χ0n) is 40.2. The molecular weight excluding hydrogens is 901 g/mol. The van der Waals surface area contributed by atoms with Crippen molar-refractivity contribution in [3.8, 4) is 11.1 Å². The van der Waals surface area contributed by atoms with Crippen LogP contribution in [0.3, 0.4) is 0 Å². The Hall–Kier alpha value is -7.00. The van der Waals surface area contributed by atoms with E-state index in [2.05, 4.69) is 5.32 Å². The highest BCUT2D eigenvalue weighted by Crippen LogP contribution is 2.44. The summed E-state index contributed by atoms with van der Waals surface area (Å²) in [6, 6.07) is 52.6. The van der Waals surface area contributed by atoms with Gasteiger partial charge in [0, 0.05) is 5.92 Å². The molecule has 1 N–H and O–H groups in total. The van der Waals surface area contributed by atoms with Crippen LogP contribution < -0.4 is 5.32 Å². The van der Waals surface area contributed by atoms with Crippen LogP contribution in [0.2, 0.25) is 0 Å². The molecule has 13 nitrogen and oxygen atoms in total. The molecule has 3 amide bonds. The molecule has 1 aliphatic carbocycles. The number of carbonyl (C=O) groups excluding carboxylic acids is 4. The molecule has 71 heavy (non-hydrogen) atoms. The second-order valence-electron chi connectivity index (χ2n) is 18.5. The van der Waals surface area contributed by atoms with E-state index in [4.69, 9.17) is 33.2 Å². The molecule has 1 fully saturated rings. The molecule has 0 aromatic heterocycles. The third kappa shape index (κ3) is 13.5. The van der Waals surface area contributed by atoms with Gasteiger partial charge in [0.15, 0.2) is 6.23 Å². The Balaban J connectivity index is 1.09. The maximum Gasteiger partial charge on any atom is 0.407 e. The lowest BCUT2D eigenvalue weighted by atomic mass is 9.96. The number of benzene rings is 6. The van der Waals surface area contributed by atoms with Crippen LogP contribution in [-0.2, 0) is 74.0 Å². The zero-order chi connectivity index (χ0) is 49.6. The van der Waals surface area contributed by atoms with Crippen LogP contribution in [0.25, 0.3) is 11.1 Å². The van der Waals surface area contributed by atoms with Gasteiger partial charge in [-0.15, -0.1) is 0 Å². The highest BCUT2D eigenvalue weighted by molar-refractivity contribution is 5.92. The fraction of sp³-hybridized carbons (Fsp3) is 0.310. The van der Waals surface area contributed by atoms with Gasteiger partial charge in [0.1, 0.15) is 42.7 Å². The number of ether oxygens (including phenoxy) is 7. The number of nitrogens with one attached hydrogen (secondary N) is 1. The molecule has 2 aliphatic rings. The van der Waals surface area contributed by atoms with Crippen molar-refractivity contribution in [2.24, 2.45) is 0 Å². The van der Waals surface area contributed by atoms with Crippen molar-refractivity contribution in [2.75, 3.05) is 13.2 Å². The predicted molar refractivity (Wildman–Crippen MR) is 265 cm³/mol. The fourth-order valence-electron chi connectivity index (χ4n) is 8.88. The van der Waals surface area contributed by atoms with E-state index in [1.165, 1.54) is 0 Å². The Morgan fingerprint density at radius 2 is 1.04 bits per heavy atom. The van der Waals surface area contributed by atoms with Crippen molar-refractivity contribution in [3.63, 3.8) is 0 Å². The van der Waals surface area contributed by atoms with Crippen molar-refractivity contribution in [1.29, 1.82) is 0 Å². The molecule has 6 aromatic carbocycles. The lowest BCUT2D eigenvalue weighted by molar-refractivity contribution is -0.292. The normalized spacial score (nSPS) is 18.9. The van der Waals surface area contributed by atoms with Crippen LogP contribution in [0.1, 0.15) is 66.5 Å². The lowest BCUT2D eigenvalue weighted by Crippen LogP contribution is -2.66. The third-order valence-electron chi connectivity index (χ3n) is 12.2. The van der Waals surface area contributed by atoms with Crippen LogP contribution in [0.15, 0.2) is 170 Å². The molecule has 368 valence electrons. The number of esters is 1. The number of nitrogens with zero attached hydrogens (tertiary/aromatic N) is 1. The molecule has 0 spiro atoms. The Bertz CT molecular complexity index is 2620. The largest absolute Gasteiger partial charge is 0.458 e. The minimum absolute atomic E-state index is 0.0355. The van der Waals surface area contributed by atoms with E-state index in [1.54, 1.807) is 20.8 Å². The summed E-state index contributed by atoms with van der Waals surface area (Å²) in [6.45, 7) is 5.50.